The average molecular weight is 602 g/mol. The highest BCUT2D eigenvalue weighted by atomic mass is 35.5. The zero-order chi connectivity index (χ0) is 28.6. The van der Waals surface area contributed by atoms with Crippen LogP contribution in [0.2, 0.25) is 10.3 Å². The minimum absolute atomic E-state index is 0.00299. The molecule has 1 fully saturated rings. The van der Waals surface area contributed by atoms with Gasteiger partial charge in [0.1, 0.15) is 10.3 Å². The molecule has 4 unspecified atom stereocenters. The molecule has 12 heteroatoms. The molecule has 0 saturated carbocycles. The van der Waals surface area contributed by atoms with Crippen LogP contribution in [-0.2, 0) is 28.9 Å². The quantitative estimate of drug-likeness (QED) is 0.246. The van der Waals surface area contributed by atoms with E-state index in [-0.39, 0.29) is 34.6 Å². The van der Waals surface area contributed by atoms with E-state index in [1.165, 1.54) is 0 Å². The molecule has 5 rings (SSSR count). The zero-order valence-corrected chi connectivity index (χ0v) is 23.8. The molecule has 1 saturated heterocycles. The molecule has 0 radical (unpaired) electrons. The number of aromatic nitrogens is 2. The summed E-state index contributed by atoms with van der Waals surface area (Å²) in [6.45, 7) is 2.98. The molecule has 0 bridgehead atoms. The summed E-state index contributed by atoms with van der Waals surface area (Å²) in [5.74, 6) is -2.06. The smallest absolute Gasteiger partial charge is 0.326 e. The maximum absolute atomic E-state index is 14.3. The number of fused-ring (bicyclic) bond motifs is 2. The summed E-state index contributed by atoms with van der Waals surface area (Å²) in [7, 11) is -4.63. The van der Waals surface area contributed by atoms with E-state index in [0.717, 1.165) is 0 Å². The molecule has 0 spiro atoms. The number of sulfone groups is 1. The number of ether oxygens (including phenoxy) is 2. The highest BCUT2D eigenvalue weighted by Crippen LogP contribution is 2.43. The van der Waals surface area contributed by atoms with E-state index in [1.807, 2.05) is 0 Å². The van der Waals surface area contributed by atoms with Gasteiger partial charge in [0, 0.05) is 21.9 Å². The van der Waals surface area contributed by atoms with Gasteiger partial charge in [0.05, 0.1) is 36.3 Å². The van der Waals surface area contributed by atoms with Gasteiger partial charge in [-0.1, -0.05) is 59.6 Å². The normalized spacial score (nSPS) is 22.2. The van der Waals surface area contributed by atoms with Crippen molar-refractivity contribution in [3.63, 3.8) is 0 Å². The van der Waals surface area contributed by atoms with Gasteiger partial charge in [-0.25, -0.2) is 18.4 Å². The average Bonchev–Trinajstić information content (AvgIpc) is 2.91. The maximum atomic E-state index is 14.3. The SMILES string of the molecule is CCOC(=O)C1C(c2cc3ccccc3nc2Cl)NC(c2cc3ccccc3nc2Cl)C(C(=O)OCC)S1(=O)=O. The van der Waals surface area contributed by atoms with Gasteiger partial charge >= 0.3 is 11.9 Å². The summed E-state index contributed by atoms with van der Waals surface area (Å²) in [5, 5.41) is 0.898. The van der Waals surface area contributed by atoms with Crippen LogP contribution in [0.25, 0.3) is 21.8 Å². The molecule has 0 aliphatic carbocycles. The van der Waals surface area contributed by atoms with Gasteiger partial charge in [-0.15, -0.1) is 0 Å². The first-order valence-electron chi connectivity index (χ1n) is 12.6. The fourth-order valence-corrected chi connectivity index (χ4v) is 7.78. The highest BCUT2D eigenvalue weighted by Gasteiger charge is 2.57. The third kappa shape index (κ3) is 5.01. The lowest BCUT2D eigenvalue weighted by Crippen LogP contribution is -2.59. The maximum Gasteiger partial charge on any atom is 0.326 e. The van der Waals surface area contributed by atoms with Gasteiger partial charge in [0.25, 0.3) is 0 Å². The topological polar surface area (TPSA) is 125 Å². The predicted octanol–water partition coefficient (Wildman–Crippen LogP) is 4.75. The molecule has 4 atom stereocenters. The first-order valence-corrected chi connectivity index (χ1v) is 15.0. The van der Waals surface area contributed by atoms with Crippen molar-refractivity contribution in [2.24, 2.45) is 0 Å². The predicted molar refractivity (Wildman–Crippen MR) is 152 cm³/mol. The van der Waals surface area contributed by atoms with Crippen LogP contribution in [0.15, 0.2) is 60.7 Å². The number of para-hydroxylation sites is 2. The lowest BCUT2D eigenvalue weighted by Gasteiger charge is -2.40. The van der Waals surface area contributed by atoms with Crippen LogP contribution in [-0.4, -0.2) is 54.0 Å². The number of nitrogens with one attached hydrogen (secondary N) is 1. The van der Waals surface area contributed by atoms with Crippen molar-refractivity contribution < 1.29 is 27.5 Å². The molecule has 2 aromatic heterocycles. The van der Waals surface area contributed by atoms with E-state index in [0.29, 0.717) is 21.8 Å². The van der Waals surface area contributed by atoms with Crippen molar-refractivity contribution in [1.82, 2.24) is 15.3 Å². The summed E-state index contributed by atoms with van der Waals surface area (Å²) in [6.07, 6.45) is 0. The van der Waals surface area contributed by atoms with Crippen LogP contribution in [0, 0.1) is 0 Å². The first kappa shape index (κ1) is 28.2. The van der Waals surface area contributed by atoms with Crippen LogP contribution in [0.3, 0.4) is 0 Å². The fourth-order valence-electron chi connectivity index (χ4n) is 5.05. The van der Waals surface area contributed by atoms with E-state index in [1.54, 1.807) is 74.5 Å². The largest absolute Gasteiger partial charge is 0.465 e. The Bertz CT molecular complexity index is 1610. The van der Waals surface area contributed by atoms with Crippen LogP contribution < -0.4 is 5.32 Å². The van der Waals surface area contributed by atoms with E-state index >= 15 is 0 Å². The number of benzene rings is 2. The van der Waals surface area contributed by atoms with E-state index in [4.69, 9.17) is 32.7 Å². The molecular weight excluding hydrogens is 577 g/mol. The summed E-state index contributed by atoms with van der Waals surface area (Å²) in [5.41, 5.74) is 1.67. The van der Waals surface area contributed by atoms with Crippen LogP contribution in [0.4, 0.5) is 0 Å². The molecular formula is C28H25Cl2N3O6S. The number of rotatable bonds is 6. The van der Waals surface area contributed by atoms with Crippen molar-refractivity contribution in [1.29, 1.82) is 0 Å². The number of carbonyl (C=O) groups is 2. The highest BCUT2D eigenvalue weighted by molar-refractivity contribution is 7.94. The molecule has 0 amide bonds. The van der Waals surface area contributed by atoms with Crippen LogP contribution in [0.1, 0.15) is 37.1 Å². The number of carbonyl (C=O) groups excluding carboxylic acids is 2. The van der Waals surface area contributed by atoms with Crippen molar-refractivity contribution in [2.45, 2.75) is 36.4 Å². The Labute approximate surface area is 240 Å². The molecule has 1 N–H and O–H groups in total. The number of halogens is 2. The Kier molecular flexibility index (Phi) is 7.96. The monoisotopic (exact) mass is 601 g/mol. The summed E-state index contributed by atoms with van der Waals surface area (Å²) >= 11 is 13.2. The van der Waals surface area contributed by atoms with E-state index in [2.05, 4.69) is 15.3 Å². The van der Waals surface area contributed by atoms with Gasteiger partial charge in [0.2, 0.25) is 0 Å². The van der Waals surface area contributed by atoms with Crippen molar-refractivity contribution in [3.05, 3.63) is 82.1 Å². The van der Waals surface area contributed by atoms with Gasteiger partial charge < -0.3 is 9.47 Å². The fraction of sp³-hybridized carbons (Fsp3) is 0.286. The van der Waals surface area contributed by atoms with E-state index in [9.17, 15) is 18.0 Å². The second-order valence-corrected chi connectivity index (χ2v) is 12.1. The third-order valence-corrected chi connectivity index (χ3v) is 9.74. The molecule has 1 aliphatic heterocycles. The van der Waals surface area contributed by atoms with E-state index < -0.39 is 44.4 Å². The number of hydrogen-bond donors (Lipinski definition) is 1. The molecule has 208 valence electrons. The van der Waals surface area contributed by atoms with Gasteiger partial charge in [-0.05, 0) is 38.1 Å². The van der Waals surface area contributed by atoms with Crippen molar-refractivity contribution >= 4 is 66.8 Å². The standard InChI is InChI=1S/C28H25Cl2N3O6S/c1-3-38-27(34)23-21(17-13-15-9-5-7-11-19(15)31-25(17)29)33-22(24(40(23,36)37)28(35)39-4-2)18-14-16-10-6-8-12-20(16)32-26(18)30/h5-14,21-24,33H,3-4H2,1-2H3. The number of pyridine rings is 2. The summed E-state index contributed by atoms with van der Waals surface area (Å²) in [4.78, 5) is 35.4. The van der Waals surface area contributed by atoms with Crippen LogP contribution >= 0.6 is 23.2 Å². The second kappa shape index (κ2) is 11.3. The van der Waals surface area contributed by atoms with Crippen LogP contribution in [0.5, 0.6) is 0 Å². The molecule has 4 aromatic rings. The minimum atomic E-state index is -4.63. The Morgan fingerprint density at radius 2 is 1.18 bits per heavy atom. The van der Waals surface area contributed by atoms with Crippen molar-refractivity contribution in [2.75, 3.05) is 13.2 Å². The molecule has 1 aliphatic rings. The molecule has 2 aromatic carbocycles. The molecule has 3 heterocycles. The lowest BCUT2D eigenvalue weighted by atomic mass is 9.96. The minimum Gasteiger partial charge on any atom is -0.465 e. The number of esters is 2. The summed E-state index contributed by atoms with van der Waals surface area (Å²) < 4.78 is 39.0. The lowest BCUT2D eigenvalue weighted by molar-refractivity contribution is -0.144. The Morgan fingerprint density at radius 1 is 0.775 bits per heavy atom. The summed E-state index contributed by atoms with van der Waals surface area (Å²) in [6, 6.07) is 15.2. The van der Waals surface area contributed by atoms with Gasteiger partial charge in [0.15, 0.2) is 20.3 Å². The Balaban J connectivity index is 1.76. The zero-order valence-electron chi connectivity index (χ0n) is 21.5. The van der Waals surface area contributed by atoms with Crippen molar-refractivity contribution in [3.8, 4) is 0 Å². The second-order valence-electron chi connectivity index (χ2n) is 9.18. The molecule has 9 nitrogen and oxygen atoms in total. The molecule has 40 heavy (non-hydrogen) atoms. The third-order valence-electron chi connectivity index (χ3n) is 6.79. The number of hydrogen-bond acceptors (Lipinski definition) is 9. The first-order chi connectivity index (χ1) is 19.2. The van der Waals surface area contributed by atoms with Gasteiger partial charge in [-0.3, -0.25) is 14.9 Å². The van der Waals surface area contributed by atoms with Gasteiger partial charge in [-0.2, -0.15) is 0 Å². The Hall–Kier alpha value is -3.31. The Morgan fingerprint density at radius 3 is 1.57 bits per heavy atom. The number of nitrogens with zero attached hydrogens (tertiary/aromatic N) is 2.